The molecule has 1 aromatic heterocycles. The molecular formula is C16H12O2S. The van der Waals surface area contributed by atoms with Crippen molar-refractivity contribution < 1.29 is 10.2 Å². The van der Waals surface area contributed by atoms with Gasteiger partial charge in [0.05, 0.1) is 0 Å². The van der Waals surface area contributed by atoms with Gasteiger partial charge in [0.25, 0.3) is 0 Å². The van der Waals surface area contributed by atoms with Gasteiger partial charge in [0.2, 0.25) is 0 Å². The van der Waals surface area contributed by atoms with Gasteiger partial charge in [0.15, 0.2) is 0 Å². The zero-order valence-corrected chi connectivity index (χ0v) is 10.9. The minimum Gasteiger partial charge on any atom is -0.508 e. The Bertz CT molecular complexity index is 699. The van der Waals surface area contributed by atoms with Crippen molar-refractivity contribution in [2.75, 3.05) is 0 Å². The van der Waals surface area contributed by atoms with Crippen molar-refractivity contribution in [2.24, 2.45) is 0 Å². The average molecular weight is 268 g/mol. The molecule has 0 fully saturated rings. The molecule has 2 nitrogen and oxygen atoms in total. The van der Waals surface area contributed by atoms with Crippen LogP contribution in [-0.4, -0.2) is 10.2 Å². The van der Waals surface area contributed by atoms with Gasteiger partial charge in [-0.3, -0.25) is 0 Å². The van der Waals surface area contributed by atoms with Crippen LogP contribution in [0.5, 0.6) is 11.5 Å². The van der Waals surface area contributed by atoms with Crippen LogP contribution in [0.1, 0.15) is 0 Å². The van der Waals surface area contributed by atoms with E-state index in [0.29, 0.717) is 0 Å². The van der Waals surface area contributed by atoms with Crippen LogP contribution in [0, 0.1) is 0 Å². The zero-order valence-electron chi connectivity index (χ0n) is 10.1. The Morgan fingerprint density at radius 3 is 2.26 bits per heavy atom. The van der Waals surface area contributed by atoms with E-state index in [4.69, 9.17) is 0 Å². The van der Waals surface area contributed by atoms with E-state index in [-0.39, 0.29) is 11.5 Å². The molecule has 19 heavy (non-hydrogen) atoms. The van der Waals surface area contributed by atoms with Crippen LogP contribution in [0.15, 0.2) is 60.0 Å². The van der Waals surface area contributed by atoms with Gasteiger partial charge in [-0.05, 0) is 46.8 Å². The molecule has 0 unspecified atom stereocenters. The number of benzene rings is 2. The van der Waals surface area contributed by atoms with Gasteiger partial charge in [-0.15, -0.1) is 11.3 Å². The summed E-state index contributed by atoms with van der Waals surface area (Å²) < 4.78 is 0. The normalized spacial score (nSPS) is 10.5. The van der Waals surface area contributed by atoms with Crippen molar-refractivity contribution >= 4 is 11.3 Å². The lowest BCUT2D eigenvalue weighted by molar-refractivity contribution is 0.475. The Morgan fingerprint density at radius 2 is 1.53 bits per heavy atom. The maximum Gasteiger partial charge on any atom is 0.116 e. The maximum atomic E-state index is 9.58. The van der Waals surface area contributed by atoms with Crippen molar-refractivity contribution in [1.29, 1.82) is 0 Å². The quantitative estimate of drug-likeness (QED) is 0.718. The Balaban J connectivity index is 2.10. The molecular weight excluding hydrogens is 256 g/mol. The van der Waals surface area contributed by atoms with Crippen molar-refractivity contribution in [3.8, 4) is 33.1 Å². The molecule has 1 heterocycles. The molecule has 2 N–H and O–H groups in total. The Labute approximate surface area is 115 Å². The summed E-state index contributed by atoms with van der Waals surface area (Å²) in [4.78, 5) is 1.11. The summed E-state index contributed by atoms with van der Waals surface area (Å²) in [6.45, 7) is 0. The molecule has 0 radical (unpaired) electrons. The molecule has 2 aromatic carbocycles. The summed E-state index contributed by atoms with van der Waals surface area (Å²) >= 11 is 1.64. The van der Waals surface area contributed by atoms with E-state index >= 15 is 0 Å². The van der Waals surface area contributed by atoms with Crippen LogP contribution >= 0.6 is 11.3 Å². The van der Waals surface area contributed by atoms with Crippen LogP contribution in [0.4, 0.5) is 0 Å². The van der Waals surface area contributed by atoms with E-state index in [1.807, 2.05) is 29.6 Å². The standard InChI is InChI=1S/C16H12O2S/c17-13-6-4-11(5-7-13)15-8-9-19-16(15)12-2-1-3-14(18)10-12/h1-10,17-18H. The number of rotatable bonds is 2. The number of phenolic OH excluding ortho intramolecular Hbond substituents is 2. The third-order valence-corrected chi connectivity index (χ3v) is 3.92. The summed E-state index contributed by atoms with van der Waals surface area (Å²) in [5.74, 6) is 0.528. The highest BCUT2D eigenvalue weighted by molar-refractivity contribution is 7.14. The fourth-order valence-electron chi connectivity index (χ4n) is 2.05. The number of aromatic hydroxyl groups is 2. The van der Waals surface area contributed by atoms with E-state index in [1.165, 1.54) is 0 Å². The smallest absolute Gasteiger partial charge is 0.116 e. The van der Waals surface area contributed by atoms with Gasteiger partial charge in [-0.1, -0.05) is 24.3 Å². The molecule has 0 amide bonds. The molecule has 0 saturated carbocycles. The molecule has 94 valence electrons. The molecule has 0 aliphatic carbocycles. The largest absolute Gasteiger partial charge is 0.508 e. The highest BCUT2D eigenvalue weighted by atomic mass is 32.1. The predicted molar refractivity (Wildman–Crippen MR) is 78.5 cm³/mol. The fraction of sp³-hybridized carbons (Fsp3) is 0. The summed E-state index contributed by atoms with van der Waals surface area (Å²) in [6.07, 6.45) is 0. The second-order valence-electron chi connectivity index (χ2n) is 4.26. The monoisotopic (exact) mass is 268 g/mol. The van der Waals surface area contributed by atoms with E-state index in [1.54, 1.807) is 35.6 Å². The van der Waals surface area contributed by atoms with Crippen molar-refractivity contribution in [3.05, 3.63) is 60.0 Å². The average Bonchev–Trinajstić information content (AvgIpc) is 2.89. The van der Waals surface area contributed by atoms with E-state index in [2.05, 4.69) is 6.07 Å². The summed E-state index contributed by atoms with van der Waals surface area (Å²) in [5, 5.41) is 21.0. The van der Waals surface area contributed by atoms with E-state index in [0.717, 1.165) is 21.6 Å². The summed E-state index contributed by atoms with van der Waals surface area (Å²) in [5.41, 5.74) is 3.16. The summed E-state index contributed by atoms with van der Waals surface area (Å²) in [6, 6.07) is 16.4. The van der Waals surface area contributed by atoms with Crippen LogP contribution < -0.4 is 0 Å². The zero-order chi connectivity index (χ0) is 13.2. The molecule has 3 heteroatoms. The Kier molecular flexibility index (Phi) is 2.97. The van der Waals surface area contributed by atoms with Crippen molar-refractivity contribution in [1.82, 2.24) is 0 Å². The van der Waals surface area contributed by atoms with Gasteiger partial charge < -0.3 is 10.2 Å². The Hall–Kier alpha value is -2.26. The highest BCUT2D eigenvalue weighted by Gasteiger charge is 2.09. The SMILES string of the molecule is Oc1ccc(-c2ccsc2-c2cccc(O)c2)cc1. The van der Waals surface area contributed by atoms with Gasteiger partial charge >= 0.3 is 0 Å². The van der Waals surface area contributed by atoms with Crippen LogP contribution in [0.25, 0.3) is 21.6 Å². The topological polar surface area (TPSA) is 40.5 Å². The van der Waals surface area contributed by atoms with Crippen LogP contribution in [0.3, 0.4) is 0 Å². The van der Waals surface area contributed by atoms with Crippen molar-refractivity contribution in [2.45, 2.75) is 0 Å². The summed E-state index contributed by atoms with van der Waals surface area (Å²) in [7, 11) is 0. The number of hydrogen-bond acceptors (Lipinski definition) is 3. The minimum absolute atomic E-state index is 0.262. The third-order valence-electron chi connectivity index (χ3n) is 2.95. The lowest BCUT2D eigenvalue weighted by atomic mass is 10.0. The molecule has 3 rings (SSSR count). The highest BCUT2D eigenvalue weighted by Crippen LogP contribution is 2.38. The maximum absolute atomic E-state index is 9.58. The lowest BCUT2D eigenvalue weighted by Crippen LogP contribution is -1.79. The second-order valence-corrected chi connectivity index (χ2v) is 5.18. The van der Waals surface area contributed by atoms with E-state index < -0.39 is 0 Å². The fourth-order valence-corrected chi connectivity index (χ4v) is 2.96. The van der Waals surface area contributed by atoms with Gasteiger partial charge in [-0.25, -0.2) is 0 Å². The third kappa shape index (κ3) is 2.33. The number of phenols is 2. The molecule has 3 aromatic rings. The number of thiophene rings is 1. The Morgan fingerprint density at radius 1 is 0.737 bits per heavy atom. The number of hydrogen-bond donors (Lipinski definition) is 2. The van der Waals surface area contributed by atoms with Gasteiger partial charge in [0.1, 0.15) is 11.5 Å². The van der Waals surface area contributed by atoms with Crippen molar-refractivity contribution in [3.63, 3.8) is 0 Å². The molecule has 0 aliphatic rings. The first-order valence-corrected chi connectivity index (χ1v) is 6.78. The van der Waals surface area contributed by atoms with Gasteiger partial charge in [0, 0.05) is 10.4 Å². The molecule has 0 saturated heterocycles. The first-order chi connectivity index (χ1) is 9.24. The van der Waals surface area contributed by atoms with Crippen LogP contribution in [-0.2, 0) is 0 Å². The minimum atomic E-state index is 0.262. The molecule has 0 bridgehead atoms. The first kappa shape index (κ1) is 11.8. The molecule has 0 atom stereocenters. The second kappa shape index (κ2) is 4.78. The van der Waals surface area contributed by atoms with Crippen LogP contribution in [0.2, 0.25) is 0 Å². The predicted octanol–water partition coefficient (Wildman–Crippen LogP) is 4.49. The lowest BCUT2D eigenvalue weighted by Gasteiger charge is -2.05. The first-order valence-electron chi connectivity index (χ1n) is 5.90. The molecule has 0 aliphatic heterocycles. The van der Waals surface area contributed by atoms with Gasteiger partial charge in [-0.2, -0.15) is 0 Å². The van der Waals surface area contributed by atoms with E-state index in [9.17, 15) is 10.2 Å². The molecule has 0 spiro atoms.